The van der Waals surface area contributed by atoms with Crippen LogP contribution in [0.3, 0.4) is 0 Å². The standard InChI is InChI=1S/C16H14F2N6S.C12H12N2O3/c1-16(17,18)12-8-25-13(22-12)7-24-20-6-11(23-24)14-9-4-2-3-5-10(9)21-15(14)19;1-14(2)9-5-3-4-8(6-9)11-10(12(15)16)13-7-17-11/h2-6,8,21H,7,19H2,1H3;3-7H,1-2H3,(H,15,16). The molecule has 4 heterocycles. The Bertz CT molecular complexity index is 1850. The van der Waals surface area contributed by atoms with Crippen LogP contribution < -0.4 is 10.6 Å². The summed E-state index contributed by atoms with van der Waals surface area (Å²) in [4.78, 5) is 25.0. The third-order valence-electron chi connectivity index (χ3n) is 6.20. The fourth-order valence-electron chi connectivity index (χ4n) is 4.16. The lowest BCUT2D eigenvalue weighted by molar-refractivity contribution is 0.0132. The number of aromatic carboxylic acids is 1. The van der Waals surface area contributed by atoms with E-state index in [9.17, 15) is 13.6 Å². The summed E-state index contributed by atoms with van der Waals surface area (Å²) >= 11 is 1.16. The Hall–Kier alpha value is -5.11. The number of anilines is 2. The molecule has 42 heavy (non-hydrogen) atoms. The number of carboxylic acid groups (broad SMARTS) is 1. The maximum Gasteiger partial charge on any atom is 0.358 e. The smallest absolute Gasteiger partial charge is 0.358 e. The van der Waals surface area contributed by atoms with Gasteiger partial charge in [0, 0.05) is 48.6 Å². The van der Waals surface area contributed by atoms with Crippen LogP contribution in [-0.2, 0) is 12.5 Å². The van der Waals surface area contributed by atoms with Crippen LogP contribution in [-0.4, -0.2) is 55.1 Å². The molecule has 6 aromatic rings. The second-order valence-electron chi connectivity index (χ2n) is 9.51. The Balaban J connectivity index is 0.000000181. The first-order chi connectivity index (χ1) is 20.0. The minimum atomic E-state index is -2.95. The SMILES string of the molecule is CC(F)(F)c1csc(Cn2ncc(-c3c(N)[nH]c4ccccc34)n2)n1.CN(C)c1cccc(-c2ocnc2C(=O)O)c1. The van der Waals surface area contributed by atoms with Crippen LogP contribution in [0, 0.1) is 0 Å². The minimum absolute atomic E-state index is 0.0686. The summed E-state index contributed by atoms with van der Waals surface area (Å²) in [6.45, 7) is 1.05. The van der Waals surface area contributed by atoms with Crippen molar-refractivity contribution >= 4 is 39.7 Å². The van der Waals surface area contributed by atoms with Crippen molar-refractivity contribution < 1.29 is 23.1 Å². The molecule has 11 nitrogen and oxygen atoms in total. The van der Waals surface area contributed by atoms with Crippen LogP contribution in [0.2, 0.25) is 0 Å². The van der Waals surface area contributed by atoms with E-state index < -0.39 is 11.9 Å². The van der Waals surface area contributed by atoms with Crippen molar-refractivity contribution in [2.45, 2.75) is 19.4 Å². The highest BCUT2D eigenvalue weighted by atomic mass is 32.1. The highest BCUT2D eigenvalue weighted by molar-refractivity contribution is 7.09. The van der Waals surface area contributed by atoms with Gasteiger partial charge in [-0.25, -0.2) is 14.8 Å². The Labute approximate surface area is 242 Å². The highest BCUT2D eigenvalue weighted by Crippen LogP contribution is 2.33. The normalized spacial score (nSPS) is 11.4. The molecular formula is C28H26F2N8O3S. The van der Waals surface area contributed by atoms with E-state index in [1.807, 2.05) is 61.5 Å². The lowest BCUT2D eigenvalue weighted by atomic mass is 10.1. The topological polar surface area (TPSA) is 152 Å². The molecule has 0 bridgehead atoms. The lowest BCUT2D eigenvalue weighted by Gasteiger charge is -2.12. The number of oxazole rings is 1. The number of halogens is 2. The van der Waals surface area contributed by atoms with Gasteiger partial charge in [0.2, 0.25) is 0 Å². The van der Waals surface area contributed by atoms with E-state index in [2.05, 4.69) is 25.1 Å². The third-order valence-corrected chi connectivity index (χ3v) is 7.03. The number of nitrogens with one attached hydrogen (secondary N) is 1. The molecule has 0 spiro atoms. The van der Waals surface area contributed by atoms with E-state index in [1.54, 1.807) is 12.3 Å². The van der Waals surface area contributed by atoms with Crippen LogP contribution in [0.5, 0.6) is 0 Å². The van der Waals surface area contributed by atoms with E-state index in [-0.39, 0.29) is 23.7 Å². The number of para-hydroxylation sites is 1. The summed E-state index contributed by atoms with van der Waals surface area (Å²) in [6, 6.07) is 15.1. The number of carbonyl (C=O) groups is 1. The average molecular weight is 593 g/mol. The first kappa shape index (κ1) is 28.4. The molecule has 0 radical (unpaired) electrons. The number of aromatic nitrogens is 6. The van der Waals surface area contributed by atoms with E-state index in [4.69, 9.17) is 15.3 Å². The maximum atomic E-state index is 13.3. The van der Waals surface area contributed by atoms with Crippen molar-refractivity contribution in [1.82, 2.24) is 29.9 Å². The molecule has 4 aromatic heterocycles. The minimum Gasteiger partial charge on any atom is -0.476 e. The zero-order valence-corrected chi connectivity index (χ0v) is 23.6. The monoisotopic (exact) mass is 592 g/mol. The molecule has 0 amide bonds. The number of carboxylic acids is 1. The van der Waals surface area contributed by atoms with Crippen molar-refractivity contribution in [3.63, 3.8) is 0 Å². The van der Waals surface area contributed by atoms with Gasteiger partial charge in [-0.05, 0) is 18.2 Å². The zero-order valence-electron chi connectivity index (χ0n) is 22.7. The number of alkyl halides is 2. The van der Waals surface area contributed by atoms with Gasteiger partial charge < -0.3 is 25.1 Å². The summed E-state index contributed by atoms with van der Waals surface area (Å²) in [5, 5.41) is 20.4. The lowest BCUT2D eigenvalue weighted by Crippen LogP contribution is -2.09. The Morgan fingerprint density at radius 2 is 2.00 bits per heavy atom. The van der Waals surface area contributed by atoms with E-state index in [1.165, 1.54) is 10.2 Å². The largest absolute Gasteiger partial charge is 0.476 e. The number of benzene rings is 2. The number of hydrogen-bond donors (Lipinski definition) is 3. The molecule has 0 aliphatic heterocycles. The number of hydrogen-bond acceptors (Lipinski definition) is 9. The van der Waals surface area contributed by atoms with Crippen LogP contribution in [0.15, 0.2) is 70.9 Å². The van der Waals surface area contributed by atoms with E-state index in [0.29, 0.717) is 22.1 Å². The molecule has 6 rings (SSSR count). The van der Waals surface area contributed by atoms with Gasteiger partial charge in [-0.3, -0.25) is 0 Å². The van der Waals surface area contributed by atoms with Crippen molar-refractivity contribution in [2.24, 2.45) is 0 Å². The van der Waals surface area contributed by atoms with Gasteiger partial charge in [-0.15, -0.1) is 11.3 Å². The number of nitrogens with zero attached hydrogens (tertiary/aromatic N) is 6. The summed E-state index contributed by atoms with van der Waals surface area (Å²) in [6.07, 6.45) is 2.75. The van der Waals surface area contributed by atoms with Gasteiger partial charge in [0.05, 0.1) is 11.8 Å². The number of rotatable bonds is 7. The predicted octanol–water partition coefficient (Wildman–Crippen LogP) is 5.73. The second kappa shape index (κ2) is 11.4. The van der Waals surface area contributed by atoms with Gasteiger partial charge in [0.25, 0.3) is 5.92 Å². The van der Waals surface area contributed by atoms with Gasteiger partial charge in [-0.2, -0.15) is 23.8 Å². The van der Waals surface area contributed by atoms with E-state index in [0.717, 1.165) is 46.8 Å². The predicted molar refractivity (Wildman–Crippen MR) is 156 cm³/mol. The average Bonchev–Trinajstić information content (AvgIpc) is 3.75. The van der Waals surface area contributed by atoms with Gasteiger partial charge in [-0.1, -0.05) is 30.3 Å². The van der Waals surface area contributed by atoms with Gasteiger partial charge in [0.15, 0.2) is 17.8 Å². The Morgan fingerprint density at radius 1 is 1.21 bits per heavy atom. The van der Waals surface area contributed by atoms with Gasteiger partial charge in [0.1, 0.15) is 28.8 Å². The Morgan fingerprint density at radius 3 is 2.71 bits per heavy atom. The first-order valence-corrected chi connectivity index (χ1v) is 13.4. The first-order valence-electron chi connectivity index (χ1n) is 12.5. The molecule has 2 aromatic carbocycles. The van der Waals surface area contributed by atoms with Crippen molar-refractivity contribution in [3.05, 3.63) is 82.9 Å². The molecule has 0 unspecified atom stereocenters. The molecule has 14 heteroatoms. The van der Waals surface area contributed by atoms with Crippen molar-refractivity contribution in [3.8, 4) is 22.6 Å². The zero-order chi connectivity index (χ0) is 30.0. The highest BCUT2D eigenvalue weighted by Gasteiger charge is 2.27. The molecule has 0 atom stereocenters. The van der Waals surface area contributed by atoms with Crippen LogP contribution in [0.4, 0.5) is 20.3 Å². The number of thiazole rings is 1. The van der Waals surface area contributed by atoms with Gasteiger partial charge >= 0.3 is 5.97 Å². The number of nitrogens with two attached hydrogens (primary N) is 1. The Kier molecular flexibility index (Phi) is 7.72. The van der Waals surface area contributed by atoms with Crippen LogP contribution >= 0.6 is 11.3 Å². The quantitative estimate of drug-likeness (QED) is 0.211. The molecule has 0 aliphatic carbocycles. The fourth-order valence-corrected chi connectivity index (χ4v) is 5.01. The molecule has 216 valence electrons. The van der Waals surface area contributed by atoms with Crippen molar-refractivity contribution in [1.29, 1.82) is 0 Å². The summed E-state index contributed by atoms with van der Waals surface area (Å²) in [5.41, 5.74) is 9.75. The molecule has 0 fully saturated rings. The number of H-pyrrole nitrogens is 1. The maximum absolute atomic E-state index is 13.3. The van der Waals surface area contributed by atoms with Crippen LogP contribution in [0.25, 0.3) is 33.5 Å². The van der Waals surface area contributed by atoms with E-state index >= 15 is 0 Å². The number of aromatic amines is 1. The number of nitrogen functional groups attached to an aromatic ring is 1. The second-order valence-corrected chi connectivity index (χ2v) is 10.5. The summed E-state index contributed by atoms with van der Waals surface area (Å²) in [5.74, 6) is -3.25. The summed E-state index contributed by atoms with van der Waals surface area (Å²) in [7, 11) is 3.83. The molecule has 0 saturated carbocycles. The molecule has 0 saturated heterocycles. The molecule has 4 N–H and O–H groups in total. The van der Waals surface area contributed by atoms with Crippen molar-refractivity contribution in [2.75, 3.05) is 24.7 Å². The summed E-state index contributed by atoms with van der Waals surface area (Å²) < 4.78 is 31.7. The number of fused-ring (bicyclic) bond motifs is 1. The fraction of sp³-hybridized carbons (Fsp3) is 0.179. The molecular weight excluding hydrogens is 566 g/mol. The third kappa shape index (κ3) is 5.98. The van der Waals surface area contributed by atoms with Crippen LogP contribution in [0.1, 0.15) is 28.1 Å². The molecule has 0 aliphatic rings.